The second kappa shape index (κ2) is 16.2. The van der Waals surface area contributed by atoms with Crippen LogP contribution in [0.2, 0.25) is 0 Å². The third kappa shape index (κ3) is 9.54. The Bertz CT molecular complexity index is 1230. The van der Waals surface area contributed by atoms with Crippen LogP contribution in [0.3, 0.4) is 0 Å². The number of hydrogen-bond donors (Lipinski definition) is 0. The highest BCUT2D eigenvalue weighted by atomic mass is 16.8. The number of rotatable bonds is 13. The molecule has 4 aliphatic rings. The first-order valence-corrected chi connectivity index (χ1v) is 18.0. The van der Waals surface area contributed by atoms with Gasteiger partial charge in [-0.25, -0.2) is 4.79 Å². The van der Waals surface area contributed by atoms with Crippen LogP contribution in [0.4, 0.5) is 4.79 Å². The lowest BCUT2D eigenvalue weighted by atomic mass is 9.44. The first kappa shape index (κ1) is 38.6. The van der Waals surface area contributed by atoms with Gasteiger partial charge < -0.3 is 28.4 Å². The highest BCUT2D eigenvalue weighted by molar-refractivity contribution is 5.79. The number of ketones is 1. The lowest BCUT2D eigenvalue weighted by molar-refractivity contribution is -0.173. The number of carbonyl (C=O) groups excluding carboxylic acids is 6. The lowest BCUT2D eigenvalue weighted by Crippen LogP contribution is -2.54. The maximum absolute atomic E-state index is 12.7. The van der Waals surface area contributed by atoms with E-state index >= 15 is 0 Å². The van der Waals surface area contributed by atoms with Crippen LogP contribution in [-0.2, 0) is 52.4 Å². The second-order valence-electron chi connectivity index (χ2n) is 15.6. The van der Waals surface area contributed by atoms with E-state index in [1.807, 2.05) is 0 Å². The van der Waals surface area contributed by atoms with Crippen LogP contribution in [0.15, 0.2) is 0 Å². The van der Waals surface area contributed by atoms with Gasteiger partial charge in [0.2, 0.25) is 6.29 Å². The summed E-state index contributed by atoms with van der Waals surface area (Å²) in [6.45, 7) is 11.5. The molecule has 276 valence electrons. The van der Waals surface area contributed by atoms with Crippen LogP contribution < -0.4 is 0 Å². The average Bonchev–Trinajstić information content (AvgIpc) is 3.35. The molecule has 0 bridgehead atoms. The SMILES string of the molecule is CC(=O)OCC(COC(C)=O)OC(=O)CC(C)CC(=O)OC(C)OC(=O)O[C@@H]1CC[C@@]2(C)C(CC[C@@H]3C2CC[C@@]2(C)C3CC[C@@H]2C(C)=O)C1. The Labute approximate surface area is 290 Å². The third-order valence-corrected chi connectivity index (χ3v) is 12.2. The van der Waals surface area contributed by atoms with Crippen LogP contribution >= 0.6 is 0 Å². The molecular weight excluding hydrogens is 636 g/mol. The summed E-state index contributed by atoms with van der Waals surface area (Å²) >= 11 is 0. The van der Waals surface area contributed by atoms with Gasteiger partial charge in [0.25, 0.3) is 0 Å². The highest BCUT2D eigenvalue weighted by Crippen LogP contribution is 2.67. The summed E-state index contributed by atoms with van der Waals surface area (Å²) in [7, 11) is 0. The average molecular weight is 693 g/mol. The molecule has 4 aliphatic carbocycles. The van der Waals surface area contributed by atoms with Gasteiger partial charge in [0.05, 0.1) is 0 Å². The molecule has 0 amide bonds. The molecule has 0 N–H and O–H groups in total. The third-order valence-electron chi connectivity index (χ3n) is 12.2. The van der Waals surface area contributed by atoms with Crippen molar-refractivity contribution in [3.05, 3.63) is 0 Å². The van der Waals surface area contributed by atoms with Gasteiger partial charge in [-0.1, -0.05) is 20.8 Å². The lowest BCUT2D eigenvalue weighted by Gasteiger charge is -2.61. The van der Waals surface area contributed by atoms with E-state index in [4.69, 9.17) is 28.4 Å². The van der Waals surface area contributed by atoms with Crippen molar-refractivity contribution in [1.82, 2.24) is 0 Å². The molecule has 0 aromatic carbocycles. The Hall–Kier alpha value is -3.18. The predicted molar refractivity (Wildman–Crippen MR) is 174 cm³/mol. The van der Waals surface area contributed by atoms with Crippen molar-refractivity contribution in [2.24, 2.45) is 46.3 Å². The summed E-state index contributed by atoms with van der Waals surface area (Å²) < 4.78 is 31.2. The molecule has 10 atom stereocenters. The molecule has 0 radical (unpaired) electrons. The number of Topliss-reactive ketones (excluding diaryl/α,β-unsaturated/α-hetero) is 1. The number of fused-ring (bicyclic) bond motifs is 5. The molecule has 49 heavy (non-hydrogen) atoms. The van der Waals surface area contributed by atoms with Crippen molar-refractivity contribution < 1.29 is 57.2 Å². The van der Waals surface area contributed by atoms with Gasteiger partial charge in [0.15, 0.2) is 6.10 Å². The first-order chi connectivity index (χ1) is 23.0. The molecule has 0 saturated heterocycles. The fourth-order valence-electron chi connectivity index (χ4n) is 9.96. The van der Waals surface area contributed by atoms with Crippen molar-refractivity contribution in [3.8, 4) is 0 Å². The molecule has 0 aromatic rings. The minimum atomic E-state index is -1.18. The van der Waals surface area contributed by atoms with Gasteiger partial charge in [-0.05, 0) is 105 Å². The Morgan fingerprint density at radius 1 is 0.694 bits per heavy atom. The van der Waals surface area contributed by atoms with Crippen LogP contribution in [0.25, 0.3) is 0 Å². The Kier molecular flexibility index (Phi) is 12.8. The summed E-state index contributed by atoms with van der Waals surface area (Å²) in [5.41, 5.74) is 0.328. The zero-order valence-electron chi connectivity index (χ0n) is 30.3. The number of carbonyl (C=O) groups is 6. The fourth-order valence-corrected chi connectivity index (χ4v) is 9.96. The van der Waals surface area contributed by atoms with Crippen molar-refractivity contribution in [1.29, 1.82) is 0 Å². The van der Waals surface area contributed by atoms with Crippen LogP contribution in [-0.4, -0.2) is 67.5 Å². The minimum absolute atomic E-state index is 0.134. The molecule has 12 heteroatoms. The van der Waals surface area contributed by atoms with Gasteiger partial charge in [-0.3, -0.25) is 24.0 Å². The highest BCUT2D eigenvalue weighted by Gasteiger charge is 2.61. The smallest absolute Gasteiger partial charge is 0.462 e. The number of hydrogen-bond acceptors (Lipinski definition) is 12. The topological polar surface area (TPSA) is 158 Å². The number of ether oxygens (including phenoxy) is 6. The Morgan fingerprint density at radius 2 is 1.29 bits per heavy atom. The zero-order valence-corrected chi connectivity index (χ0v) is 30.3. The van der Waals surface area contributed by atoms with E-state index in [0.717, 1.165) is 51.4 Å². The van der Waals surface area contributed by atoms with Crippen LogP contribution in [0.1, 0.15) is 119 Å². The second-order valence-corrected chi connectivity index (χ2v) is 15.6. The molecular formula is C37H56O12. The summed E-state index contributed by atoms with van der Waals surface area (Å²) in [4.78, 5) is 72.3. The predicted octanol–water partition coefficient (Wildman–Crippen LogP) is 6.10. The standard InChI is InChI=1S/C37H56O12/c1-21(17-34(42)48-28(19-44-23(3)39)20-45-24(4)40)16-33(41)46-25(5)47-35(43)49-27-12-14-36(6)26(18-27)8-9-29-31-11-10-30(22(2)38)37(31,7)15-13-32(29)36/h21,25-32H,8-20H2,1-7H3/t21?,25?,26?,27-,29+,30-,31?,32?,36+,37-/m1/s1. The summed E-state index contributed by atoms with van der Waals surface area (Å²) in [6, 6.07) is 0. The van der Waals surface area contributed by atoms with Gasteiger partial charge >= 0.3 is 30.0 Å². The Balaban J connectivity index is 1.18. The zero-order chi connectivity index (χ0) is 36.1. The minimum Gasteiger partial charge on any atom is -0.462 e. The summed E-state index contributed by atoms with van der Waals surface area (Å²) in [6.07, 6.45) is 5.68. The monoisotopic (exact) mass is 692 g/mol. The maximum Gasteiger partial charge on any atom is 0.511 e. The van der Waals surface area contributed by atoms with Gasteiger partial charge in [-0.2, -0.15) is 0 Å². The molecule has 4 saturated carbocycles. The molecule has 0 heterocycles. The first-order valence-electron chi connectivity index (χ1n) is 18.0. The van der Waals surface area contributed by atoms with Gasteiger partial charge in [0, 0.05) is 39.5 Å². The van der Waals surface area contributed by atoms with Crippen LogP contribution in [0.5, 0.6) is 0 Å². The molecule has 0 aromatic heterocycles. The van der Waals surface area contributed by atoms with Crippen LogP contribution in [0, 0.1) is 46.3 Å². The van der Waals surface area contributed by atoms with Crippen molar-refractivity contribution in [2.75, 3.05) is 13.2 Å². The van der Waals surface area contributed by atoms with E-state index in [2.05, 4.69) is 13.8 Å². The van der Waals surface area contributed by atoms with Gasteiger partial charge in [0.1, 0.15) is 25.1 Å². The fraction of sp³-hybridized carbons (Fsp3) is 0.838. The summed E-state index contributed by atoms with van der Waals surface area (Å²) in [5.74, 6) is -0.0428. The van der Waals surface area contributed by atoms with Crippen molar-refractivity contribution in [2.45, 2.75) is 138 Å². The van der Waals surface area contributed by atoms with E-state index in [1.165, 1.54) is 27.2 Å². The molecule has 0 spiro atoms. The normalized spacial score (nSPS) is 33.1. The van der Waals surface area contributed by atoms with E-state index in [0.29, 0.717) is 29.5 Å². The van der Waals surface area contributed by atoms with E-state index < -0.39 is 48.3 Å². The van der Waals surface area contributed by atoms with E-state index in [9.17, 15) is 28.8 Å². The largest absolute Gasteiger partial charge is 0.511 e. The quantitative estimate of drug-likeness (QED) is 0.124. The van der Waals surface area contributed by atoms with E-state index in [-0.39, 0.29) is 48.9 Å². The van der Waals surface area contributed by atoms with Crippen molar-refractivity contribution >= 4 is 35.8 Å². The van der Waals surface area contributed by atoms with E-state index in [1.54, 1.807) is 13.8 Å². The molecule has 4 fully saturated rings. The molecule has 5 unspecified atom stereocenters. The summed E-state index contributed by atoms with van der Waals surface area (Å²) in [5, 5.41) is 0. The maximum atomic E-state index is 12.7. The Morgan fingerprint density at radius 3 is 1.90 bits per heavy atom. The molecule has 12 nitrogen and oxygen atoms in total. The van der Waals surface area contributed by atoms with Gasteiger partial charge in [-0.15, -0.1) is 0 Å². The number of esters is 4. The molecule has 4 rings (SSSR count). The van der Waals surface area contributed by atoms with Crippen molar-refractivity contribution in [3.63, 3.8) is 0 Å². The molecule has 0 aliphatic heterocycles.